The van der Waals surface area contributed by atoms with Crippen LogP contribution in [0.2, 0.25) is 0 Å². The first kappa shape index (κ1) is 17.8. The Bertz CT molecular complexity index is 715. The van der Waals surface area contributed by atoms with E-state index in [-0.39, 0.29) is 11.7 Å². The molecule has 3 rings (SSSR count). The summed E-state index contributed by atoms with van der Waals surface area (Å²) in [5, 5.41) is 12.4. The zero-order chi connectivity index (χ0) is 17.6. The van der Waals surface area contributed by atoms with Crippen LogP contribution in [0, 0.1) is 5.82 Å². The molecule has 1 aromatic heterocycles. The second-order valence-electron chi connectivity index (χ2n) is 6.01. The largest absolute Gasteiger partial charge is 0.367 e. The first-order valence-corrected chi connectivity index (χ1v) is 9.31. The molecule has 1 aliphatic heterocycles. The van der Waals surface area contributed by atoms with Crippen molar-refractivity contribution in [3.8, 4) is 0 Å². The van der Waals surface area contributed by atoms with E-state index in [1.54, 1.807) is 12.1 Å². The van der Waals surface area contributed by atoms with Gasteiger partial charge in [0.2, 0.25) is 11.0 Å². The fraction of sp³-hybridized carbons (Fsp3) is 0.471. The number of carbonyl (C=O) groups excluding carboxylic acids is 1. The van der Waals surface area contributed by atoms with Crippen molar-refractivity contribution in [3.63, 3.8) is 0 Å². The number of aromatic nitrogens is 2. The number of rotatable bonds is 6. The minimum Gasteiger partial charge on any atom is -0.367 e. The van der Waals surface area contributed by atoms with Crippen molar-refractivity contribution < 1.29 is 9.18 Å². The predicted molar refractivity (Wildman–Crippen MR) is 97.6 cm³/mol. The Balaban J connectivity index is 1.46. The highest BCUT2D eigenvalue weighted by atomic mass is 32.1. The Kier molecular flexibility index (Phi) is 5.93. The third-order valence-corrected chi connectivity index (χ3v) is 5.01. The molecule has 6 nitrogen and oxygen atoms in total. The standard InChI is InChI=1S/C17H22FN5OS/c1-2-5-16-20-21-17(25-16)19-15(24)12-22-8-10-23(11-9-22)14-7-4-3-6-13(14)18/h3-4,6-7H,2,5,8-12H2,1H3,(H,19,21,24). The number of nitrogens with zero attached hydrogens (tertiary/aromatic N) is 4. The Hall–Kier alpha value is -2.06. The smallest absolute Gasteiger partial charge is 0.240 e. The van der Waals surface area contributed by atoms with E-state index in [0.29, 0.717) is 30.5 Å². The SMILES string of the molecule is CCCc1nnc(NC(=O)CN2CCN(c3ccccc3F)CC2)s1. The van der Waals surface area contributed by atoms with Crippen LogP contribution in [0.3, 0.4) is 0 Å². The zero-order valence-corrected chi connectivity index (χ0v) is 15.1. The van der Waals surface area contributed by atoms with E-state index in [1.807, 2.05) is 11.0 Å². The minimum absolute atomic E-state index is 0.0847. The molecule has 134 valence electrons. The summed E-state index contributed by atoms with van der Waals surface area (Å²) < 4.78 is 13.8. The van der Waals surface area contributed by atoms with Gasteiger partial charge in [0.05, 0.1) is 12.2 Å². The maximum Gasteiger partial charge on any atom is 0.240 e. The normalized spacial score (nSPS) is 15.4. The summed E-state index contributed by atoms with van der Waals surface area (Å²) in [5.41, 5.74) is 0.629. The number of amides is 1. The van der Waals surface area contributed by atoms with E-state index in [4.69, 9.17) is 0 Å². The van der Waals surface area contributed by atoms with E-state index in [1.165, 1.54) is 17.4 Å². The molecule has 0 atom stereocenters. The summed E-state index contributed by atoms with van der Waals surface area (Å²) in [6, 6.07) is 6.80. The fourth-order valence-corrected chi connectivity index (χ4v) is 3.69. The number of para-hydroxylation sites is 1. The average molecular weight is 363 g/mol. The number of hydrogen-bond acceptors (Lipinski definition) is 6. The van der Waals surface area contributed by atoms with Crippen molar-refractivity contribution in [2.24, 2.45) is 0 Å². The first-order valence-electron chi connectivity index (χ1n) is 8.49. The molecule has 1 aromatic carbocycles. The molecular weight excluding hydrogens is 341 g/mol. The third-order valence-electron chi connectivity index (χ3n) is 4.11. The maximum absolute atomic E-state index is 13.8. The van der Waals surface area contributed by atoms with Gasteiger partial charge in [-0.2, -0.15) is 0 Å². The number of benzene rings is 1. The summed E-state index contributed by atoms with van der Waals surface area (Å²) in [4.78, 5) is 16.3. The van der Waals surface area contributed by atoms with Gasteiger partial charge in [-0.15, -0.1) is 10.2 Å². The van der Waals surface area contributed by atoms with E-state index in [2.05, 4.69) is 27.3 Å². The number of aryl methyl sites for hydroxylation is 1. The second kappa shape index (κ2) is 8.35. The van der Waals surface area contributed by atoms with E-state index in [0.717, 1.165) is 30.9 Å². The number of anilines is 2. The average Bonchev–Trinajstić information content (AvgIpc) is 3.03. The van der Waals surface area contributed by atoms with Gasteiger partial charge in [-0.1, -0.05) is 30.4 Å². The van der Waals surface area contributed by atoms with E-state index < -0.39 is 0 Å². The molecule has 2 heterocycles. The van der Waals surface area contributed by atoms with E-state index >= 15 is 0 Å². The molecule has 1 amide bonds. The van der Waals surface area contributed by atoms with Gasteiger partial charge in [-0.25, -0.2) is 4.39 Å². The van der Waals surface area contributed by atoms with Crippen LogP contribution >= 0.6 is 11.3 Å². The van der Waals surface area contributed by atoms with Crippen LogP contribution in [0.5, 0.6) is 0 Å². The molecule has 0 aliphatic carbocycles. The molecule has 0 bridgehead atoms. The molecule has 0 radical (unpaired) electrons. The molecular formula is C17H22FN5OS. The van der Waals surface area contributed by atoms with Gasteiger partial charge in [0.25, 0.3) is 0 Å². The highest BCUT2D eigenvalue weighted by Gasteiger charge is 2.21. The summed E-state index contributed by atoms with van der Waals surface area (Å²) >= 11 is 1.42. The lowest BCUT2D eigenvalue weighted by molar-refractivity contribution is -0.117. The van der Waals surface area contributed by atoms with Gasteiger partial charge in [0.15, 0.2) is 0 Å². The summed E-state index contributed by atoms with van der Waals surface area (Å²) in [5.74, 6) is -0.286. The van der Waals surface area contributed by atoms with Gasteiger partial charge in [-0.05, 0) is 18.6 Å². The summed E-state index contributed by atoms with van der Waals surface area (Å²) in [6.07, 6.45) is 1.89. The van der Waals surface area contributed by atoms with Crippen molar-refractivity contribution in [1.82, 2.24) is 15.1 Å². The first-order chi connectivity index (χ1) is 12.2. The predicted octanol–water partition coefficient (Wildman–Crippen LogP) is 2.39. The van der Waals surface area contributed by atoms with Gasteiger partial charge < -0.3 is 4.90 Å². The van der Waals surface area contributed by atoms with Gasteiger partial charge >= 0.3 is 0 Å². The highest BCUT2D eigenvalue weighted by molar-refractivity contribution is 7.15. The molecule has 25 heavy (non-hydrogen) atoms. The van der Waals surface area contributed by atoms with Crippen LogP contribution in [0.25, 0.3) is 0 Å². The zero-order valence-electron chi connectivity index (χ0n) is 14.2. The van der Waals surface area contributed by atoms with Crippen LogP contribution in [0.4, 0.5) is 15.2 Å². The maximum atomic E-state index is 13.8. The highest BCUT2D eigenvalue weighted by Crippen LogP contribution is 2.20. The summed E-state index contributed by atoms with van der Waals surface area (Å²) in [6.45, 7) is 5.24. The molecule has 2 aromatic rings. The van der Waals surface area contributed by atoms with Crippen LogP contribution < -0.4 is 10.2 Å². The van der Waals surface area contributed by atoms with Crippen molar-refractivity contribution in [3.05, 3.63) is 35.1 Å². The summed E-state index contributed by atoms with van der Waals surface area (Å²) in [7, 11) is 0. The number of nitrogens with one attached hydrogen (secondary N) is 1. The third kappa shape index (κ3) is 4.73. The number of halogens is 1. The topological polar surface area (TPSA) is 61.4 Å². The number of hydrogen-bond donors (Lipinski definition) is 1. The molecule has 1 N–H and O–H groups in total. The second-order valence-corrected chi connectivity index (χ2v) is 7.08. The van der Waals surface area contributed by atoms with Crippen LogP contribution in [0.1, 0.15) is 18.4 Å². The van der Waals surface area contributed by atoms with E-state index in [9.17, 15) is 9.18 Å². The van der Waals surface area contributed by atoms with Crippen LogP contribution in [-0.4, -0.2) is 53.7 Å². The monoisotopic (exact) mass is 363 g/mol. The molecule has 1 saturated heterocycles. The Morgan fingerprint density at radius 2 is 2.00 bits per heavy atom. The van der Waals surface area contributed by atoms with Gasteiger partial charge in [0.1, 0.15) is 10.8 Å². The lowest BCUT2D eigenvalue weighted by atomic mass is 10.2. The van der Waals surface area contributed by atoms with Crippen LogP contribution in [0.15, 0.2) is 24.3 Å². The van der Waals surface area contributed by atoms with Crippen molar-refractivity contribution in [1.29, 1.82) is 0 Å². The van der Waals surface area contributed by atoms with Crippen molar-refractivity contribution in [2.75, 3.05) is 42.9 Å². The molecule has 1 aliphatic rings. The Labute approximate surface area is 150 Å². The van der Waals surface area contributed by atoms with Gasteiger partial charge in [0, 0.05) is 32.6 Å². The number of carbonyl (C=O) groups is 1. The Morgan fingerprint density at radius 1 is 1.24 bits per heavy atom. The van der Waals surface area contributed by atoms with Crippen molar-refractivity contribution >= 4 is 28.1 Å². The Morgan fingerprint density at radius 3 is 2.72 bits per heavy atom. The quantitative estimate of drug-likeness (QED) is 0.854. The lowest BCUT2D eigenvalue weighted by Gasteiger charge is -2.35. The molecule has 1 fully saturated rings. The molecule has 0 saturated carbocycles. The van der Waals surface area contributed by atoms with Gasteiger partial charge in [-0.3, -0.25) is 15.0 Å². The van der Waals surface area contributed by atoms with Crippen LogP contribution in [-0.2, 0) is 11.2 Å². The lowest BCUT2D eigenvalue weighted by Crippen LogP contribution is -2.48. The minimum atomic E-state index is -0.201. The fourth-order valence-electron chi connectivity index (χ4n) is 2.84. The molecule has 8 heteroatoms. The molecule has 0 unspecified atom stereocenters. The molecule has 0 spiro atoms. The van der Waals surface area contributed by atoms with Crippen molar-refractivity contribution in [2.45, 2.75) is 19.8 Å². The number of piperazine rings is 1.